The molecular formula is C10H19NS2. The smallest absolute Gasteiger partial charge is 0.0380 e. The molecule has 1 fully saturated rings. The molecule has 3 heteroatoms. The topological polar surface area (TPSA) is 26.0 Å². The van der Waals surface area contributed by atoms with Crippen LogP contribution in [0, 0.1) is 0 Å². The van der Waals surface area contributed by atoms with E-state index >= 15 is 0 Å². The Morgan fingerprint density at radius 2 is 2.15 bits per heavy atom. The molecule has 1 saturated heterocycles. The van der Waals surface area contributed by atoms with Crippen molar-refractivity contribution in [3.8, 4) is 0 Å². The summed E-state index contributed by atoms with van der Waals surface area (Å²) >= 11 is 4.10. The molecule has 1 heterocycles. The first kappa shape index (κ1) is 11.5. The van der Waals surface area contributed by atoms with E-state index in [4.69, 9.17) is 5.73 Å². The second-order valence-corrected chi connectivity index (χ2v) is 6.16. The lowest BCUT2D eigenvalue weighted by Crippen LogP contribution is -2.42. The maximum absolute atomic E-state index is 6.12. The van der Waals surface area contributed by atoms with Crippen LogP contribution in [0.15, 0.2) is 12.2 Å². The third-order valence-corrected chi connectivity index (χ3v) is 5.79. The second kappa shape index (κ2) is 5.32. The van der Waals surface area contributed by atoms with Crippen LogP contribution >= 0.6 is 23.5 Å². The summed E-state index contributed by atoms with van der Waals surface area (Å²) in [6, 6.07) is 0.183. The van der Waals surface area contributed by atoms with Gasteiger partial charge < -0.3 is 5.73 Å². The molecule has 0 aromatic carbocycles. The molecule has 1 rings (SSSR count). The van der Waals surface area contributed by atoms with E-state index in [2.05, 4.69) is 25.3 Å². The SMILES string of the molecule is C=C(C)C(N)C1SCCSC1CC. The van der Waals surface area contributed by atoms with Gasteiger partial charge in [-0.15, -0.1) is 0 Å². The van der Waals surface area contributed by atoms with Crippen molar-refractivity contribution in [3.05, 3.63) is 12.2 Å². The van der Waals surface area contributed by atoms with Crippen LogP contribution in [0.1, 0.15) is 20.3 Å². The predicted octanol–water partition coefficient (Wildman–Crippen LogP) is 2.52. The van der Waals surface area contributed by atoms with Crippen LogP contribution in [0.3, 0.4) is 0 Å². The van der Waals surface area contributed by atoms with Crippen LogP contribution < -0.4 is 5.73 Å². The molecule has 2 N–H and O–H groups in total. The number of hydrogen-bond acceptors (Lipinski definition) is 3. The summed E-state index contributed by atoms with van der Waals surface area (Å²) in [6.45, 7) is 8.24. The second-order valence-electron chi connectivity index (χ2n) is 3.53. The van der Waals surface area contributed by atoms with Gasteiger partial charge >= 0.3 is 0 Å². The number of hydrogen-bond donors (Lipinski definition) is 1. The highest BCUT2D eigenvalue weighted by molar-refractivity contribution is 8.07. The first-order chi connectivity index (χ1) is 6.16. The van der Waals surface area contributed by atoms with Gasteiger partial charge in [-0.2, -0.15) is 23.5 Å². The van der Waals surface area contributed by atoms with E-state index < -0.39 is 0 Å². The van der Waals surface area contributed by atoms with Crippen molar-refractivity contribution >= 4 is 23.5 Å². The number of thioether (sulfide) groups is 2. The molecule has 0 radical (unpaired) electrons. The summed E-state index contributed by atoms with van der Waals surface area (Å²) in [5, 5.41) is 1.31. The number of nitrogens with two attached hydrogens (primary N) is 1. The Bertz CT molecular complexity index is 182. The fourth-order valence-electron chi connectivity index (χ4n) is 1.55. The fourth-order valence-corrected chi connectivity index (χ4v) is 4.81. The van der Waals surface area contributed by atoms with Crippen molar-refractivity contribution < 1.29 is 0 Å². The standard InChI is InChI=1S/C10H19NS2/c1-4-8-10(9(11)7(2)3)13-6-5-12-8/h8-10H,2,4-6,11H2,1,3H3. The van der Waals surface area contributed by atoms with Crippen LogP contribution in [0.5, 0.6) is 0 Å². The molecule has 1 nitrogen and oxygen atoms in total. The highest BCUT2D eigenvalue weighted by atomic mass is 32.2. The van der Waals surface area contributed by atoms with Crippen LogP contribution in [-0.2, 0) is 0 Å². The first-order valence-corrected chi connectivity index (χ1v) is 6.90. The fraction of sp³-hybridized carbons (Fsp3) is 0.800. The molecule has 76 valence electrons. The van der Waals surface area contributed by atoms with Gasteiger partial charge in [0.25, 0.3) is 0 Å². The van der Waals surface area contributed by atoms with Gasteiger partial charge in [-0.1, -0.05) is 19.1 Å². The summed E-state index contributed by atoms with van der Waals surface area (Å²) < 4.78 is 0. The predicted molar refractivity (Wildman–Crippen MR) is 65.6 cm³/mol. The molecule has 1 aliphatic heterocycles. The average molecular weight is 217 g/mol. The zero-order chi connectivity index (χ0) is 9.84. The third-order valence-electron chi connectivity index (χ3n) is 2.42. The molecule has 0 amide bonds. The Balaban J connectivity index is 2.58. The van der Waals surface area contributed by atoms with Crippen LogP contribution in [0.2, 0.25) is 0 Å². The molecule has 0 saturated carbocycles. The van der Waals surface area contributed by atoms with Gasteiger partial charge in [-0.05, 0) is 13.3 Å². The van der Waals surface area contributed by atoms with Crippen molar-refractivity contribution in [2.75, 3.05) is 11.5 Å². The van der Waals surface area contributed by atoms with Gasteiger partial charge in [0.2, 0.25) is 0 Å². The Labute approximate surface area is 89.9 Å². The molecule has 0 aliphatic carbocycles. The summed E-state index contributed by atoms with van der Waals surface area (Å²) in [5.41, 5.74) is 7.25. The monoisotopic (exact) mass is 217 g/mol. The third kappa shape index (κ3) is 2.93. The van der Waals surface area contributed by atoms with Crippen molar-refractivity contribution in [1.82, 2.24) is 0 Å². The van der Waals surface area contributed by atoms with Gasteiger partial charge in [0.05, 0.1) is 0 Å². The lowest BCUT2D eigenvalue weighted by molar-refractivity contribution is 0.662. The minimum Gasteiger partial charge on any atom is -0.323 e. The molecule has 0 spiro atoms. The largest absolute Gasteiger partial charge is 0.323 e. The molecule has 0 bridgehead atoms. The summed E-state index contributed by atoms with van der Waals surface area (Å²) in [5.74, 6) is 2.52. The van der Waals surface area contributed by atoms with Crippen LogP contribution in [0.4, 0.5) is 0 Å². The van der Waals surface area contributed by atoms with Crippen molar-refractivity contribution in [1.29, 1.82) is 0 Å². The van der Waals surface area contributed by atoms with E-state index in [1.807, 2.05) is 18.7 Å². The number of rotatable bonds is 3. The van der Waals surface area contributed by atoms with Crippen LogP contribution in [0.25, 0.3) is 0 Å². The molecule has 3 atom stereocenters. The van der Waals surface area contributed by atoms with Crippen molar-refractivity contribution in [2.24, 2.45) is 5.73 Å². The zero-order valence-electron chi connectivity index (χ0n) is 8.45. The highest BCUT2D eigenvalue weighted by Gasteiger charge is 2.29. The Kier molecular flexibility index (Phi) is 4.70. The van der Waals surface area contributed by atoms with E-state index in [9.17, 15) is 0 Å². The molecule has 13 heavy (non-hydrogen) atoms. The normalized spacial score (nSPS) is 31.3. The summed E-state index contributed by atoms with van der Waals surface area (Å²) in [6.07, 6.45) is 1.23. The van der Waals surface area contributed by atoms with E-state index in [0.717, 1.165) is 10.8 Å². The van der Waals surface area contributed by atoms with E-state index in [1.54, 1.807) is 0 Å². The van der Waals surface area contributed by atoms with E-state index in [1.165, 1.54) is 17.9 Å². The van der Waals surface area contributed by atoms with Gasteiger partial charge in [0, 0.05) is 28.0 Å². The molecular weight excluding hydrogens is 198 g/mol. The van der Waals surface area contributed by atoms with Gasteiger partial charge in [-0.3, -0.25) is 0 Å². The Hall–Kier alpha value is 0.400. The quantitative estimate of drug-likeness (QED) is 0.736. The van der Waals surface area contributed by atoms with Crippen molar-refractivity contribution in [3.63, 3.8) is 0 Å². The minimum absolute atomic E-state index is 0.183. The first-order valence-electron chi connectivity index (χ1n) is 4.81. The lowest BCUT2D eigenvalue weighted by atomic mass is 10.0. The molecule has 0 aromatic rings. The lowest BCUT2D eigenvalue weighted by Gasteiger charge is -2.34. The molecule has 3 unspecified atom stereocenters. The zero-order valence-corrected chi connectivity index (χ0v) is 10.1. The van der Waals surface area contributed by atoms with Crippen molar-refractivity contribution in [2.45, 2.75) is 36.8 Å². The van der Waals surface area contributed by atoms with Gasteiger partial charge in [0.1, 0.15) is 0 Å². The van der Waals surface area contributed by atoms with Gasteiger partial charge in [-0.25, -0.2) is 0 Å². The summed E-state index contributed by atoms with van der Waals surface area (Å²) in [7, 11) is 0. The molecule has 0 aromatic heterocycles. The Morgan fingerprint density at radius 3 is 2.69 bits per heavy atom. The minimum atomic E-state index is 0.183. The average Bonchev–Trinajstić information content (AvgIpc) is 2.16. The van der Waals surface area contributed by atoms with Crippen LogP contribution in [-0.4, -0.2) is 28.0 Å². The maximum Gasteiger partial charge on any atom is 0.0380 e. The highest BCUT2D eigenvalue weighted by Crippen LogP contribution is 2.35. The Morgan fingerprint density at radius 1 is 1.54 bits per heavy atom. The van der Waals surface area contributed by atoms with E-state index in [0.29, 0.717) is 5.25 Å². The summed E-state index contributed by atoms with van der Waals surface area (Å²) in [4.78, 5) is 0. The molecule has 1 aliphatic rings. The van der Waals surface area contributed by atoms with Gasteiger partial charge in [0.15, 0.2) is 0 Å². The van der Waals surface area contributed by atoms with E-state index in [-0.39, 0.29) is 6.04 Å². The maximum atomic E-state index is 6.12.